The number of anilines is 2. The third-order valence-corrected chi connectivity index (χ3v) is 15.4. The van der Waals surface area contributed by atoms with Gasteiger partial charge in [-0.1, -0.05) is 12.1 Å². The summed E-state index contributed by atoms with van der Waals surface area (Å²) in [7, 11) is 0. The summed E-state index contributed by atoms with van der Waals surface area (Å²) in [5.41, 5.74) is 0.915. The van der Waals surface area contributed by atoms with Crippen molar-refractivity contribution in [3.63, 3.8) is 0 Å². The van der Waals surface area contributed by atoms with Gasteiger partial charge in [-0.05, 0) is 90.8 Å². The van der Waals surface area contributed by atoms with Gasteiger partial charge in [-0.3, -0.25) is 14.3 Å². The minimum Gasteiger partial charge on any atom is -0.377 e. The number of nitrogens with zero attached hydrogens (tertiary/aromatic N) is 11. The smallest absolute Gasteiger partial charge is 0.377 e. The van der Waals surface area contributed by atoms with Gasteiger partial charge < -0.3 is 39.9 Å². The second kappa shape index (κ2) is 19.9. The highest BCUT2D eigenvalue weighted by Crippen LogP contribution is 2.45. The van der Waals surface area contributed by atoms with Crippen molar-refractivity contribution >= 4 is 33.4 Å². The summed E-state index contributed by atoms with van der Waals surface area (Å²) in [4.78, 5) is 34.8. The number of aromatic nitrogens is 11. The van der Waals surface area contributed by atoms with E-state index >= 15 is 26.3 Å². The number of piperidine rings is 2. The average Bonchev–Trinajstić information content (AvgIpc) is 4.30. The first-order valence-electron chi connectivity index (χ1n) is 25.9. The number of pyridine rings is 1. The molecule has 1 aromatic carbocycles. The molecule has 4 saturated heterocycles. The molecule has 0 aliphatic carbocycles. The minimum atomic E-state index is -4.86. The lowest BCUT2D eigenvalue weighted by atomic mass is 10.0. The maximum absolute atomic E-state index is 16.2. The average molecular weight is 1050 g/mol. The van der Waals surface area contributed by atoms with Gasteiger partial charge in [-0.2, -0.15) is 36.5 Å². The lowest BCUT2D eigenvalue weighted by molar-refractivity contribution is -0.144. The van der Waals surface area contributed by atoms with Crippen molar-refractivity contribution in [1.82, 2.24) is 65.1 Å². The van der Waals surface area contributed by atoms with Gasteiger partial charge in [0.25, 0.3) is 0 Å². The highest BCUT2D eigenvalue weighted by molar-refractivity contribution is 5.94. The number of morpholine rings is 2. The van der Waals surface area contributed by atoms with E-state index in [0.717, 1.165) is 15.6 Å². The van der Waals surface area contributed by atoms with Crippen molar-refractivity contribution in [3.05, 3.63) is 90.0 Å². The molecule has 0 bridgehead atoms. The molecule has 0 saturated carbocycles. The van der Waals surface area contributed by atoms with Crippen LogP contribution in [0.2, 0.25) is 0 Å². The zero-order valence-electron chi connectivity index (χ0n) is 42.1. The van der Waals surface area contributed by atoms with Gasteiger partial charge >= 0.3 is 12.4 Å². The fraction of sp³-hybridized carbons (Fsp3) is 0.453. The van der Waals surface area contributed by atoms with E-state index in [9.17, 15) is 0 Å². The topological polar surface area (TPSA) is 181 Å². The number of aromatic amines is 2. The summed E-state index contributed by atoms with van der Waals surface area (Å²) < 4.78 is 109. The lowest BCUT2D eigenvalue weighted by Crippen LogP contribution is -2.49. The Labute approximate surface area is 432 Å². The fourth-order valence-corrected chi connectivity index (χ4v) is 11.6. The van der Waals surface area contributed by atoms with Gasteiger partial charge in [0.05, 0.1) is 90.0 Å². The highest BCUT2D eigenvalue weighted by atomic mass is 19.4. The molecule has 4 N–H and O–H groups in total. The molecule has 4 aliphatic rings. The Morgan fingerprint density at radius 2 is 1.30 bits per heavy atom. The number of hydrogen-bond acceptors (Lipinski definition) is 13. The monoisotopic (exact) mass is 1050 g/mol. The Kier molecular flexibility index (Phi) is 13.1. The summed E-state index contributed by atoms with van der Waals surface area (Å²) in [6, 6.07) is 11.2. The standard InChI is InChI=1S/C53H57F6N15O2/c1-29-27-75-20-19-71(29)44-23-41(66-50(67-44)37-5-4-6-39-35(37)11-17-63-39)47-42(69-74(49(47)53(57,58)59)33-9-15-61-16-10-33)21-34-26-72(30(2)28-76-34)45-22-40(65-51(68-45)38-24-62-25-43-36(38)12-18-64-43)46-31(3)73(32-7-13-60-14-8-32)70-48(46)52(54,55)56/h4-6,11-12,17-18,22-25,29-30,32-34,60-61,63-64H,7-10,13-16,19-21,26-28H2,1-3H3/t29-,30-,34?/m1/s1. The molecular weight excluding hydrogens is 993 g/mol. The van der Waals surface area contributed by atoms with Crippen molar-refractivity contribution in [1.29, 1.82) is 0 Å². The lowest BCUT2D eigenvalue weighted by Gasteiger charge is -2.39. The summed E-state index contributed by atoms with van der Waals surface area (Å²) in [6.07, 6.45) is -1.71. The molecule has 0 amide bonds. The highest BCUT2D eigenvalue weighted by Gasteiger charge is 2.45. The number of alkyl halides is 6. The Balaban J connectivity index is 0.992. The van der Waals surface area contributed by atoms with Crippen molar-refractivity contribution in [2.45, 2.75) is 95.5 Å². The first-order valence-corrected chi connectivity index (χ1v) is 25.9. The molecule has 3 atom stereocenters. The summed E-state index contributed by atoms with van der Waals surface area (Å²) in [5.74, 6) is 1.15. The van der Waals surface area contributed by atoms with Crippen LogP contribution in [-0.4, -0.2) is 132 Å². The van der Waals surface area contributed by atoms with Gasteiger partial charge in [-0.25, -0.2) is 19.9 Å². The molecule has 398 valence electrons. The van der Waals surface area contributed by atoms with Crippen LogP contribution in [0.1, 0.15) is 74.4 Å². The van der Waals surface area contributed by atoms with Crippen LogP contribution in [0.5, 0.6) is 0 Å². The van der Waals surface area contributed by atoms with Crippen LogP contribution in [-0.2, 0) is 28.2 Å². The van der Waals surface area contributed by atoms with E-state index in [0.29, 0.717) is 111 Å². The number of rotatable bonds is 10. The van der Waals surface area contributed by atoms with E-state index in [1.165, 1.54) is 4.68 Å². The SMILES string of the molecule is Cc1c(-c2cc(N3CC(Cc4nn(C5CCNCC5)c(C(F)(F)F)c4-c4cc(N5CCOC[C@H]5C)nc(-c5cccc6[nH]ccc56)n4)OC[C@H]3C)nc(-c3cncc4[nH]ccc34)n2)c(C(F)(F)F)nn1C1CCNCC1. The van der Waals surface area contributed by atoms with Gasteiger partial charge in [0, 0.05) is 83.3 Å². The van der Waals surface area contributed by atoms with Crippen LogP contribution < -0.4 is 20.4 Å². The molecule has 1 unspecified atom stereocenters. The van der Waals surface area contributed by atoms with E-state index < -0.39 is 35.9 Å². The van der Waals surface area contributed by atoms with Crippen molar-refractivity contribution in [3.8, 4) is 45.3 Å². The first-order chi connectivity index (χ1) is 36.7. The maximum Gasteiger partial charge on any atom is 0.435 e. The number of ether oxygens (including phenoxy) is 2. The summed E-state index contributed by atoms with van der Waals surface area (Å²) in [6.45, 7) is 9.34. The second-order valence-electron chi connectivity index (χ2n) is 20.3. The third-order valence-electron chi connectivity index (χ3n) is 15.4. The van der Waals surface area contributed by atoms with Gasteiger partial charge in [0.1, 0.15) is 11.6 Å². The molecule has 12 rings (SSSR count). The summed E-state index contributed by atoms with van der Waals surface area (Å²) >= 11 is 0. The molecule has 4 fully saturated rings. The number of H-pyrrole nitrogens is 2. The number of nitrogens with one attached hydrogen (secondary N) is 4. The number of hydrogen-bond donors (Lipinski definition) is 4. The van der Waals surface area contributed by atoms with Crippen molar-refractivity contribution in [2.75, 3.05) is 68.9 Å². The second-order valence-corrected chi connectivity index (χ2v) is 20.3. The molecule has 8 aromatic rings. The molecule has 0 spiro atoms. The normalized spacial score (nSPS) is 20.6. The molecule has 17 nitrogen and oxygen atoms in total. The van der Waals surface area contributed by atoms with Gasteiger partial charge in [0.15, 0.2) is 23.0 Å². The maximum atomic E-state index is 16.2. The van der Waals surface area contributed by atoms with E-state index in [1.807, 2.05) is 54.0 Å². The molecule has 23 heteroatoms. The Bertz CT molecular complexity index is 3410. The van der Waals surface area contributed by atoms with Crippen LogP contribution in [0.4, 0.5) is 38.0 Å². The predicted octanol–water partition coefficient (Wildman–Crippen LogP) is 8.94. The van der Waals surface area contributed by atoms with Crippen LogP contribution in [0.25, 0.3) is 67.1 Å². The third kappa shape index (κ3) is 9.33. The summed E-state index contributed by atoms with van der Waals surface area (Å²) in [5, 5.41) is 17.2. The Hall–Kier alpha value is -6.95. The molecule has 4 aliphatic heterocycles. The van der Waals surface area contributed by atoms with Crippen LogP contribution in [0.15, 0.2) is 67.3 Å². The zero-order valence-corrected chi connectivity index (χ0v) is 42.1. The fourth-order valence-electron chi connectivity index (χ4n) is 11.6. The molecule has 0 radical (unpaired) electrons. The number of fused-ring (bicyclic) bond motifs is 2. The number of benzene rings is 1. The van der Waals surface area contributed by atoms with E-state index in [-0.39, 0.29) is 77.6 Å². The quantitative estimate of drug-likeness (QED) is 0.0955. The molecule has 11 heterocycles. The van der Waals surface area contributed by atoms with E-state index in [2.05, 4.69) is 30.7 Å². The largest absolute Gasteiger partial charge is 0.435 e. The van der Waals surface area contributed by atoms with Crippen molar-refractivity contribution < 1.29 is 35.8 Å². The van der Waals surface area contributed by atoms with E-state index in [1.54, 1.807) is 43.8 Å². The van der Waals surface area contributed by atoms with Crippen LogP contribution >= 0.6 is 0 Å². The van der Waals surface area contributed by atoms with Crippen molar-refractivity contribution in [2.24, 2.45) is 0 Å². The van der Waals surface area contributed by atoms with Gasteiger partial charge in [-0.15, -0.1) is 0 Å². The Morgan fingerprint density at radius 1 is 0.671 bits per heavy atom. The van der Waals surface area contributed by atoms with E-state index in [4.69, 9.17) is 34.5 Å². The number of halogens is 6. The molecule has 76 heavy (non-hydrogen) atoms. The molecule has 7 aromatic heterocycles. The minimum absolute atomic E-state index is 0.0193. The Morgan fingerprint density at radius 3 is 1.99 bits per heavy atom. The predicted molar refractivity (Wildman–Crippen MR) is 274 cm³/mol. The van der Waals surface area contributed by atoms with Gasteiger partial charge in [0.2, 0.25) is 0 Å². The zero-order chi connectivity index (χ0) is 52.5. The first kappa shape index (κ1) is 49.9. The van der Waals surface area contributed by atoms with Crippen LogP contribution in [0, 0.1) is 6.92 Å². The molecular formula is C53H57F6N15O2. The van der Waals surface area contributed by atoms with Crippen LogP contribution in [0.3, 0.4) is 0 Å².